The van der Waals surface area contributed by atoms with Crippen molar-refractivity contribution in [1.82, 2.24) is 0 Å². The number of hydrogen-bond donors (Lipinski definition) is 0. The van der Waals surface area contributed by atoms with Crippen molar-refractivity contribution in [3.63, 3.8) is 0 Å². The summed E-state index contributed by atoms with van der Waals surface area (Å²) in [6, 6.07) is 0. The van der Waals surface area contributed by atoms with Crippen LogP contribution in [0, 0.1) is 11.8 Å². The zero-order valence-corrected chi connectivity index (χ0v) is 37.6. The highest BCUT2D eigenvalue weighted by molar-refractivity contribution is 5.71. The molecule has 0 bridgehead atoms. The van der Waals surface area contributed by atoms with Crippen molar-refractivity contribution in [2.45, 2.75) is 272 Å². The van der Waals surface area contributed by atoms with E-state index in [4.69, 9.17) is 14.2 Å². The molecular weight excluding hydrogens is 685 g/mol. The van der Waals surface area contributed by atoms with Crippen LogP contribution in [0.2, 0.25) is 0 Å². The minimum absolute atomic E-state index is 0.0658. The molecule has 0 aliphatic carbocycles. The average Bonchev–Trinajstić information content (AvgIpc) is 3.15. The zero-order chi connectivity index (χ0) is 40.5. The second kappa shape index (κ2) is 42.0. The molecule has 0 aromatic rings. The van der Waals surface area contributed by atoms with Gasteiger partial charge in [-0.2, -0.15) is 0 Å². The summed E-state index contributed by atoms with van der Waals surface area (Å²) < 4.78 is 16.7. The molecule has 6 heteroatoms. The van der Waals surface area contributed by atoms with Gasteiger partial charge in [0.25, 0.3) is 0 Å². The normalized spacial score (nSPS) is 12.1. The van der Waals surface area contributed by atoms with E-state index < -0.39 is 6.10 Å². The molecule has 0 aliphatic rings. The molecule has 0 spiro atoms. The molecule has 0 unspecified atom stereocenters. The Balaban J connectivity index is 4.22. The number of hydrogen-bond acceptors (Lipinski definition) is 6. The Hall–Kier alpha value is -1.59. The van der Waals surface area contributed by atoms with E-state index in [-0.39, 0.29) is 31.1 Å². The quantitative estimate of drug-likeness (QED) is 0.0348. The van der Waals surface area contributed by atoms with Crippen LogP contribution >= 0.6 is 0 Å². The van der Waals surface area contributed by atoms with Crippen LogP contribution < -0.4 is 0 Å². The molecule has 6 nitrogen and oxygen atoms in total. The Bertz CT molecular complexity index is 839. The molecule has 55 heavy (non-hydrogen) atoms. The van der Waals surface area contributed by atoms with Crippen LogP contribution in [0.3, 0.4) is 0 Å². The first kappa shape index (κ1) is 53.4. The van der Waals surface area contributed by atoms with Gasteiger partial charge in [-0.05, 0) is 31.1 Å². The predicted octanol–water partition coefficient (Wildman–Crippen LogP) is 15.4. The molecule has 0 radical (unpaired) electrons. The Morgan fingerprint density at radius 1 is 0.345 bits per heavy atom. The van der Waals surface area contributed by atoms with Crippen molar-refractivity contribution < 1.29 is 28.6 Å². The van der Waals surface area contributed by atoms with Gasteiger partial charge < -0.3 is 14.2 Å². The summed E-state index contributed by atoms with van der Waals surface area (Å²) in [4.78, 5) is 37.7. The lowest BCUT2D eigenvalue weighted by Gasteiger charge is -2.18. The topological polar surface area (TPSA) is 78.9 Å². The highest BCUT2D eigenvalue weighted by Gasteiger charge is 2.19. The van der Waals surface area contributed by atoms with Gasteiger partial charge in [0.1, 0.15) is 13.2 Å². The van der Waals surface area contributed by atoms with Gasteiger partial charge in [0.2, 0.25) is 0 Å². The van der Waals surface area contributed by atoms with Crippen LogP contribution in [0.15, 0.2) is 0 Å². The first-order valence-electron chi connectivity index (χ1n) is 24.2. The van der Waals surface area contributed by atoms with Crippen LogP contribution in [0.1, 0.15) is 266 Å². The maximum Gasteiger partial charge on any atom is 0.306 e. The molecule has 0 aromatic heterocycles. The lowest BCUT2D eigenvalue weighted by Crippen LogP contribution is -2.30. The summed E-state index contributed by atoms with van der Waals surface area (Å²) in [5.41, 5.74) is 0. The monoisotopic (exact) mass is 779 g/mol. The fourth-order valence-corrected chi connectivity index (χ4v) is 7.28. The lowest BCUT2D eigenvalue weighted by molar-refractivity contribution is -0.167. The van der Waals surface area contributed by atoms with Crippen molar-refractivity contribution in [2.24, 2.45) is 11.8 Å². The molecule has 1 atom stereocenters. The second-order valence-corrected chi connectivity index (χ2v) is 17.7. The van der Waals surface area contributed by atoms with E-state index in [9.17, 15) is 14.4 Å². The zero-order valence-electron chi connectivity index (χ0n) is 37.6. The maximum absolute atomic E-state index is 12.7. The minimum Gasteiger partial charge on any atom is -0.462 e. The summed E-state index contributed by atoms with van der Waals surface area (Å²) >= 11 is 0. The fraction of sp³-hybridized carbons (Fsp3) is 0.939. The summed E-state index contributed by atoms with van der Waals surface area (Å²) in [5.74, 6) is 0.679. The summed E-state index contributed by atoms with van der Waals surface area (Å²) in [6.07, 6.45) is 41.2. The molecule has 326 valence electrons. The molecule has 0 aliphatic heterocycles. The van der Waals surface area contributed by atoms with Crippen molar-refractivity contribution in [3.05, 3.63) is 0 Å². The highest BCUT2D eigenvalue weighted by Crippen LogP contribution is 2.17. The van der Waals surface area contributed by atoms with E-state index >= 15 is 0 Å². The summed E-state index contributed by atoms with van der Waals surface area (Å²) in [7, 11) is 0. The van der Waals surface area contributed by atoms with E-state index in [0.717, 1.165) is 69.6 Å². The molecule has 0 aromatic carbocycles. The van der Waals surface area contributed by atoms with Gasteiger partial charge in [0.05, 0.1) is 0 Å². The molecule has 0 heterocycles. The third-order valence-corrected chi connectivity index (χ3v) is 11.0. The molecule has 0 saturated heterocycles. The van der Waals surface area contributed by atoms with E-state index in [2.05, 4.69) is 34.6 Å². The van der Waals surface area contributed by atoms with Gasteiger partial charge in [-0.15, -0.1) is 0 Å². The van der Waals surface area contributed by atoms with Crippen LogP contribution in [0.5, 0.6) is 0 Å². The van der Waals surface area contributed by atoms with Gasteiger partial charge >= 0.3 is 17.9 Å². The molecule has 0 saturated carbocycles. The van der Waals surface area contributed by atoms with Gasteiger partial charge in [0.15, 0.2) is 6.10 Å². The van der Waals surface area contributed by atoms with Crippen LogP contribution in [0.25, 0.3) is 0 Å². The SMILES string of the molecule is CCCCCCCCCCCCCCCCCCCCC(=O)OC[C@@H](COC(=O)CCCCCCCCC(C)C)OC(=O)CCCCCCCCCC(C)C. The van der Waals surface area contributed by atoms with Crippen molar-refractivity contribution in [2.75, 3.05) is 13.2 Å². The number of ether oxygens (including phenoxy) is 3. The van der Waals surface area contributed by atoms with E-state index in [0.29, 0.717) is 19.3 Å². The number of carbonyl (C=O) groups is 3. The second-order valence-electron chi connectivity index (χ2n) is 17.7. The summed E-state index contributed by atoms with van der Waals surface area (Å²) in [6.45, 7) is 11.2. The lowest BCUT2D eigenvalue weighted by atomic mass is 10.0. The molecular formula is C49H94O6. The van der Waals surface area contributed by atoms with Crippen LogP contribution in [-0.4, -0.2) is 37.2 Å². The average molecular weight is 779 g/mol. The van der Waals surface area contributed by atoms with Gasteiger partial charge in [-0.1, -0.05) is 227 Å². The smallest absolute Gasteiger partial charge is 0.306 e. The van der Waals surface area contributed by atoms with Crippen molar-refractivity contribution >= 4 is 17.9 Å². The van der Waals surface area contributed by atoms with Crippen LogP contribution in [-0.2, 0) is 28.6 Å². The predicted molar refractivity (Wildman–Crippen MR) is 233 cm³/mol. The fourth-order valence-electron chi connectivity index (χ4n) is 7.28. The molecule has 0 amide bonds. The Morgan fingerprint density at radius 3 is 0.891 bits per heavy atom. The minimum atomic E-state index is -0.761. The van der Waals surface area contributed by atoms with E-state index in [1.54, 1.807) is 0 Å². The maximum atomic E-state index is 12.7. The third kappa shape index (κ3) is 43.4. The molecule has 0 fully saturated rings. The van der Waals surface area contributed by atoms with E-state index in [1.807, 2.05) is 0 Å². The number of rotatable bonds is 43. The number of carbonyl (C=O) groups excluding carboxylic acids is 3. The highest BCUT2D eigenvalue weighted by atomic mass is 16.6. The number of esters is 3. The Labute approximate surface area is 342 Å². The van der Waals surface area contributed by atoms with Gasteiger partial charge in [-0.25, -0.2) is 0 Å². The Morgan fingerprint density at radius 2 is 0.600 bits per heavy atom. The Kier molecular flexibility index (Phi) is 40.8. The molecule has 0 N–H and O–H groups in total. The first-order chi connectivity index (χ1) is 26.7. The largest absolute Gasteiger partial charge is 0.462 e. The first-order valence-corrected chi connectivity index (χ1v) is 24.2. The third-order valence-electron chi connectivity index (χ3n) is 11.0. The van der Waals surface area contributed by atoms with E-state index in [1.165, 1.54) is 154 Å². The van der Waals surface area contributed by atoms with Gasteiger partial charge in [0, 0.05) is 19.3 Å². The van der Waals surface area contributed by atoms with Crippen molar-refractivity contribution in [3.8, 4) is 0 Å². The van der Waals surface area contributed by atoms with Crippen LogP contribution in [0.4, 0.5) is 0 Å². The standard InChI is InChI=1S/C49H94O6/c1-6-7-8-9-10-11-12-13-14-15-16-17-18-19-20-23-29-34-39-47(50)53-42-46(43-54-48(51)40-35-30-26-25-28-33-38-45(4)5)55-49(52)41-36-31-24-21-22-27-32-37-44(2)3/h44-46H,6-43H2,1-5H3/t46-/m0/s1. The number of unbranched alkanes of at least 4 members (excludes halogenated alkanes) is 28. The summed E-state index contributed by atoms with van der Waals surface area (Å²) in [5, 5.41) is 0. The molecule has 0 rings (SSSR count). The van der Waals surface area contributed by atoms with Crippen molar-refractivity contribution in [1.29, 1.82) is 0 Å². The van der Waals surface area contributed by atoms with Gasteiger partial charge in [-0.3, -0.25) is 14.4 Å².